The van der Waals surface area contributed by atoms with Gasteiger partial charge in [-0.25, -0.2) is 0 Å². The number of pyridine rings is 1. The lowest BCUT2D eigenvalue weighted by molar-refractivity contribution is 0.0667. The Morgan fingerprint density at radius 1 is 1.37 bits per heavy atom. The first-order chi connectivity index (χ1) is 14.6. The molecule has 0 radical (unpaired) electrons. The van der Waals surface area contributed by atoms with Crippen molar-refractivity contribution in [2.24, 2.45) is 11.3 Å². The van der Waals surface area contributed by atoms with Crippen molar-refractivity contribution in [1.29, 1.82) is 0 Å². The predicted molar refractivity (Wildman–Crippen MR) is 110 cm³/mol. The van der Waals surface area contributed by atoms with Crippen LogP contribution in [0.4, 0.5) is 0 Å². The molecule has 1 saturated carbocycles. The van der Waals surface area contributed by atoms with Gasteiger partial charge in [0.05, 0.1) is 17.5 Å². The summed E-state index contributed by atoms with van der Waals surface area (Å²) >= 11 is 0. The number of carbonyl (C=O) groups excluding carboxylic acids is 2. The summed E-state index contributed by atoms with van der Waals surface area (Å²) in [6.07, 6.45) is 8.81. The minimum atomic E-state index is -0.187. The molecule has 2 amide bonds. The van der Waals surface area contributed by atoms with Gasteiger partial charge in [-0.15, -0.1) is 0 Å². The van der Waals surface area contributed by atoms with E-state index in [1.165, 1.54) is 0 Å². The van der Waals surface area contributed by atoms with E-state index in [4.69, 9.17) is 4.42 Å². The molecule has 4 heterocycles. The van der Waals surface area contributed by atoms with Gasteiger partial charge in [0.15, 0.2) is 11.3 Å². The number of furan rings is 1. The number of hydrogen-bond donors (Lipinski definition) is 2. The molecule has 1 atom stereocenters. The number of nitrogens with one attached hydrogen (secondary N) is 2. The molecule has 2 aliphatic rings. The zero-order valence-corrected chi connectivity index (χ0v) is 17.0. The summed E-state index contributed by atoms with van der Waals surface area (Å²) in [5.74, 6) is 0.665. The van der Waals surface area contributed by atoms with Gasteiger partial charge in [-0.3, -0.25) is 19.7 Å². The summed E-state index contributed by atoms with van der Waals surface area (Å²) in [7, 11) is 0. The van der Waals surface area contributed by atoms with Crippen LogP contribution in [-0.2, 0) is 6.42 Å². The van der Waals surface area contributed by atoms with E-state index >= 15 is 0 Å². The minimum absolute atomic E-state index is 0.0697. The van der Waals surface area contributed by atoms with Crippen molar-refractivity contribution in [1.82, 2.24) is 25.4 Å². The van der Waals surface area contributed by atoms with Crippen LogP contribution in [0.1, 0.15) is 52.8 Å². The maximum absolute atomic E-state index is 12.8. The number of aromatic nitrogens is 3. The number of aromatic amines is 1. The van der Waals surface area contributed by atoms with E-state index < -0.39 is 0 Å². The molecule has 1 unspecified atom stereocenters. The molecule has 2 fully saturated rings. The number of piperidine rings is 1. The number of hydrogen-bond acceptors (Lipinski definition) is 5. The molecule has 1 spiro atoms. The summed E-state index contributed by atoms with van der Waals surface area (Å²) < 4.78 is 5.59. The fraction of sp³-hybridized carbons (Fsp3) is 0.455. The predicted octanol–water partition coefficient (Wildman–Crippen LogP) is 2.79. The largest absolute Gasteiger partial charge is 0.449 e. The van der Waals surface area contributed by atoms with E-state index in [0.717, 1.165) is 49.9 Å². The lowest BCUT2D eigenvalue weighted by Gasteiger charge is -2.33. The molecule has 8 heteroatoms. The summed E-state index contributed by atoms with van der Waals surface area (Å²) in [5.41, 5.74) is 2.39. The Bertz CT molecular complexity index is 1060. The summed E-state index contributed by atoms with van der Waals surface area (Å²) in [4.78, 5) is 31.2. The Hall–Kier alpha value is -3.16. The molecule has 1 aliphatic carbocycles. The molecule has 0 aromatic carbocycles. The molecule has 0 bridgehead atoms. The SMILES string of the molecule is CCc1n[nH]cc1C(=O)N1CCC2(CC1)CC2CNC(=O)c1cc2ccncc2o1. The number of aryl methyl sites for hydroxylation is 1. The number of likely N-dealkylation sites (tertiary alicyclic amines) is 1. The molecule has 5 rings (SSSR count). The molecule has 3 aromatic heterocycles. The maximum atomic E-state index is 12.8. The second-order valence-electron chi connectivity index (χ2n) is 8.39. The number of carbonyl (C=O) groups is 2. The van der Waals surface area contributed by atoms with Gasteiger partial charge in [-0.2, -0.15) is 5.10 Å². The van der Waals surface area contributed by atoms with Gasteiger partial charge >= 0.3 is 0 Å². The number of rotatable bonds is 5. The van der Waals surface area contributed by atoms with E-state index in [9.17, 15) is 9.59 Å². The van der Waals surface area contributed by atoms with Crippen LogP contribution in [0.25, 0.3) is 11.0 Å². The van der Waals surface area contributed by atoms with E-state index in [-0.39, 0.29) is 17.2 Å². The Labute approximate surface area is 174 Å². The van der Waals surface area contributed by atoms with Crippen LogP contribution < -0.4 is 5.32 Å². The van der Waals surface area contributed by atoms with Crippen molar-refractivity contribution < 1.29 is 14.0 Å². The first-order valence-electron chi connectivity index (χ1n) is 10.5. The van der Waals surface area contributed by atoms with Crippen LogP contribution in [-0.4, -0.2) is 51.5 Å². The van der Waals surface area contributed by atoms with Crippen LogP contribution in [0, 0.1) is 11.3 Å². The Morgan fingerprint density at radius 3 is 2.97 bits per heavy atom. The average molecular weight is 407 g/mol. The highest BCUT2D eigenvalue weighted by Crippen LogP contribution is 2.59. The summed E-state index contributed by atoms with van der Waals surface area (Å²) in [6.45, 7) is 4.16. The third-order valence-electron chi connectivity index (χ3n) is 6.75. The molecule has 3 aromatic rings. The summed E-state index contributed by atoms with van der Waals surface area (Å²) in [6, 6.07) is 3.58. The number of H-pyrrole nitrogens is 1. The van der Waals surface area contributed by atoms with Crippen molar-refractivity contribution in [3.8, 4) is 0 Å². The molecule has 30 heavy (non-hydrogen) atoms. The first-order valence-corrected chi connectivity index (χ1v) is 10.5. The second-order valence-corrected chi connectivity index (χ2v) is 8.39. The minimum Gasteiger partial charge on any atom is -0.449 e. The van der Waals surface area contributed by atoms with Gasteiger partial charge in [-0.05, 0) is 49.1 Å². The average Bonchev–Trinajstić information content (AvgIpc) is 3.15. The summed E-state index contributed by atoms with van der Waals surface area (Å²) in [5, 5.41) is 10.9. The highest BCUT2D eigenvalue weighted by atomic mass is 16.3. The standard InChI is InChI=1S/C22H25N5O3/c1-2-17-16(12-25-26-17)21(29)27-7-4-22(5-8-27)10-15(22)11-24-20(28)18-9-14-3-6-23-13-19(14)30-18/h3,6,9,12-13,15H,2,4-5,7-8,10-11H2,1H3,(H,24,28)(H,25,26). The first kappa shape index (κ1) is 18.8. The van der Waals surface area contributed by atoms with E-state index in [1.54, 1.807) is 24.7 Å². The molecular weight excluding hydrogens is 382 g/mol. The maximum Gasteiger partial charge on any atom is 0.287 e. The van der Waals surface area contributed by atoms with Gasteiger partial charge < -0.3 is 14.6 Å². The molecule has 2 N–H and O–H groups in total. The topological polar surface area (TPSA) is 104 Å². The van der Waals surface area contributed by atoms with Gasteiger partial charge in [0, 0.05) is 37.4 Å². The highest BCUT2D eigenvalue weighted by Gasteiger charge is 2.54. The van der Waals surface area contributed by atoms with Crippen molar-refractivity contribution in [3.63, 3.8) is 0 Å². The van der Waals surface area contributed by atoms with Gasteiger partial charge in [0.2, 0.25) is 0 Å². The van der Waals surface area contributed by atoms with Crippen molar-refractivity contribution in [2.75, 3.05) is 19.6 Å². The zero-order chi connectivity index (χ0) is 20.7. The fourth-order valence-corrected chi connectivity index (χ4v) is 4.73. The highest BCUT2D eigenvalue weighted by molar-refractivity contribution is 5.96. The van der Waals surface area contributed by atoms with E-state index in [1.807, 2.05) is 17.9 Å². The van der Waals surface area contributed by atoms with Crippen LogP contribution in [0.3, 0.4) is 0 Å². The fourth-order valence-electron chi connectivity index (χ4n) is 4.73. The molecule has 8 nitrogen and oxygen atoms in total. The van der Waals surface area contributed by atoms with Crippen molar-refractivity contribution >= 4 is 22.8 Å². The third kappa shape index (κ3) is 3.26. The molecule has 156 valence electrons. The third-order valence-corrected chi connectivity index (χ3v) is 6.75. The Morgan fingerprint density at radius 2 is 2.20 bits per heavy atom. The quantitative estimate of drug-likeness (QED) is 0.677. The van der Waals surface area contributed by atoms with Crippen molar-refractivity contribution in [3.05, 3.63) is 47.7 Å². The van der Waals surface area contributed by atoms with Gasteiger partial charge in [0.1, 0.15) is 0 Å². The van der Waals surface area contributed by atoms with Crippen LogP contribution in [0.15, 0.2) is 35.1 Å². The Balaban J connectivity index is 1.14. The van der Waals surface area contributed by atoms with Crippen LogP contribution >= 0.6 is 0 Å². The second kappa shape index (κ2) is 7.27. The lowest BCUT2D eigenvalue weighted by atomic mass is 9.90. The smallest absolute Gasteiger partial charge is 0.287 e. The molecule has 1 aliphatic heterocycles. The number of fused-ring (bicyclic) bond motifs is 1. The number of nitrogens with zero attached hydrogens (tertiary/aromatic N) is 3. The van der Waals surface area contributed by atoms with E-state index in [2.05, 4.69) is 20.5 Å². The van der Waals surface area contributed by atoms with Crippen molar-refractivity contribution in [2.45, 2.75) is 32.6 Å². The van der Waals surface area contributed by atoms with Crippen LogP contribution in [0.5, 0.6) is 0 Å². The molecule has 1 saturated heterocycles. The van der Waals surface area contributed by atoms with E-state index in [0.29, 0.717) is 29.4 Å². The van der Waals surface area contributed by atoms with Gasteiger partial charge in [-0.1, -0.05) is 6.92 Å². The zero-order valence-electron chi connectivity index (χ0n) is 17.0. The van der Waals surface area contributed by atoms with Crippen LogP contribution in [0.2, 0.25) is 0 Å². The van der Waals surface area contributed by atoms with Gasteiger partial charge in [0.25, 0.3) is 11.8 Å². The Kier molecular flexibility index (Phi) is 4.56. The number of amides is 2. The molecular formula is C22H25N5O3. The lowest BCUT2D eigenvalue weighted by Crippen LogP contribution is -2.40. The monoisotopic (exact) mass is 407 g/mol. The normalized spacial score (nSPS) is 19.9.